The molecular formula is C21H27N3O2. The first-order valence-electron chi connectivity index (χ1n) is 9.01. The summed E-state index contributed by atoms with van der Waals surface area (Å²) in [4.78, 5) is 14.2. The number of hydrogen-bond acceptors (Lipinski definition) is 4. The van der Waals surface area contributed by atoms with Crippen molar-refractivity contribution in [2.24, 2.45) is 5.73 Å². The lowest BCUT2D eigenvalue weighted by molar-refractivity contribution is -0.125. The largest absolute Gasteiger partial charge is 0.457 e. The average Bonchev–Trinajstić information content (AvgIpc) is 2.99. The molecule has 0 unspecified atom stereocenters. The molecular weight excluding hydrogens is 326 g/mol. The fourth-order valence-electron chi connectivity index (χ4n) is 3.36. The van der Waals surface area contributed by atoms with Gasteiger partial charge in [0.15, 0.2) is 0 Å². The normalized spacial score (nSPS) is 20.2. The molecule has 1 aliphatic rings. The lowest BCUT2D eigenvalue weighted by Crippen LogP contribution is -2.41. The van der Waals surface area contributed by atoms with Crippen molar-refractivity contribution >= 4 is 5.91 Å². The van der Waals surface area contributed by atoms with Crippen LogP contribution in [0.25, 0.3) is 0 Å². The van der Waals surface area contributed by atoms with E-state index in [1.165, 1.54) is 11.1 Å². The van der Waals surface area contributed by atoms with Crippen molar-refractivity contribution in [3.05, 3.63) is 59.2 Å². The SMILES string of the molecule is CNC(=O)[C@@H]1C[C@H](N)CN1Cc1ccc(Oc2ccc(C)c(C)c2)cc1. The molecule has 1 aliphatic heterocycles. The smallest absolute Gasteiger partial charge is 0.237 e. The van der Waals surface area contributed by atoms with E-state index in [1.807, 2.05) is 36.4 Å². The fourth-order valence-corrected chi connectivity index (χ4v) is 3.36. The molecule has 1 heterocycles. The van der Waals surface area contributed by atoms with Crippen molar-refractivity contribution in [2.45, 2.75) is 38.9 Å². The van der Waals surface area contributed by atoms with Gasteiger partial charge in [-0.05, 0) is 61.2 Å². The van der Waals surface area contributed by atoms with Crippen LogP contribution in [0.15, 0.2) is 42.5 Å². The molecule has 1 saturated heterocycles. The molecule has 2 atom stereocenters. The average molecular weight is 353 g/mol. The van der Waals surface area contributed by atoms with E-state index < -0.39 is 0 Å². The van der Waals surface area contributed by atoms with E-state index in [2.05, 4.69) is 30.1 Å². The highest BCUT2D eigenvalue weighted by Gasteiger charge is 2.34. The van der Waals surface area contributed by atoms with Crippen LogP contribution in [0.3, 0.4) is 0 Å². The highest BCUT2D eigenvalue weighted by molar-refractivity contribution is 5.81. The van der Waals surface area contributed by atoms with Crippen molar-refractivity contribution in [1.29, 1.82) is 0 Å². The zero-order valence-corrected chi connectivity index (χ0v) is 15.7. The molecule has 5 nitrogen and oxygen atoms in total. The first-order valence-corrected chi connectivity index (χ1v) is 9.01. The number of aryl methyl sites for hydroxylation is 2. The molecule has 0 saturated carbocycles. The minimum Gasteiger partial charge on any atom is -0.457 e. The number of carbonyl (C=O) groups is 1. The first kappa shape index (κ1) is 18.4. The summed E-state index contributed by atoms with van der Waals surface area (Å²) in [5.74, 6) is 1.68. The summed E-state index contributed by atoms with van der Waals surface area (Å²) in [6, 6.07) is 14.0. The van der Waals surface area contributed by atoms with E-state index in [9.17, 15) is 4.79 Å². The maximum Gasteiger partial charge on any atom is 0.237 e. The molecule has 0 spiro atoms. The second-order valence-electron chi connectivity index (χ2n) is 7.05. The van der Waals surface area contributed by atoms with Gasteiger partial charge in [-0.1, -0.05) is 18.2 Å². The molecule has 2 aromatic rings. The second kappa shape index (κ2) is 7.89. The number of nitrogens with zero attached hydrogens (tertiary/aromatic N) is 1. The Morgan fingerprint density at radius 1 is 1.15 bits per heavy atom. The van der Waals surface area contributed by atoms with Crippen LogP contribution in [0.1, 0.15) is 23.1 Å². The number of likely N-dealkylation sites (N-methyl/N-ethyl adjacent to an activating group) is 1. The van der Waals surface area contributed by atoms with Gasteiger partial charge in [-0.2, -0.15) is 0 Å². The maximum atomic E-state index is 12.0. The van der Waals surface area contributed by atoms with Gasteiger partial charge in [0.25, 0.3) is 0 Å². The number of benzene rings is 2. The summed E-state index contributed by atoms with van der Waals surface area (Å²) < 4.78 is 5.94. The number of nitrogens with one attached hydrogen (secondary N) is 1. The Morgan fingerprint density at radius 2 is 1.85 bits per heavy atom. The second-order valence-corrected chi connectivity index (χ2v) is 7.05. The maximum absolute atomic E-state index is 12.0. The van der Waals surface area contributed by atoms with Crippen molar-refractivity contribution < 1.29 is 9.53 Å². The summed E-state index contributed by atoms with van der Waals surface area (Å²) in [7, 11) is 1.67. The van der Waals surface area contributed by atoms with Gasteiger partial charge < -0.3 is 15.8 Å². The molecule has 3 rings (SSSR count). The number of rotatable bonds is 5. The van der Waals surface area contributed by atoms with E-state index in [1.54, 1.807) is 7.05 Å². The molecule has 0 radical (unpaired) electrons. The summed E-state index contributed by atoms with van der Waals surface area (Å²) in [5.41, 5.74) is 9.66. The Bertz CT molecular complexity index is 773. The van der Waals surface area contributed by atoms with E-state index in [4.69, 9.17) is 10.5 Å². The zero-order valence-electron chi connectivity index (χ0n) is 15.7. The predicted octanol–water partition coefficient (Wildman–Crippen LogP) is 2.74. The van der Waals surface area contributed by atoms with Crippen LogP contribution in [-0.2, 0) is 11.3 Å². The number of carbonyl (C=O) groups excluding carboxylic acids is 1. The first-order chi connectivity index (χ1) is 12.5. The monoisotopic (exact) mass is 353 g/mol. The standard InChI is InChI=1S/C21H27N3O2/c1-14-4-7-19(10-15(14)2)26-18-8-5-16(6-9-18)12-24-13-17(22)11-20(24)21(25)23-3/h4-10,17,20H,11-13,22H2,1-3H3,(H,23,25)/t17-,20-/m0/s1. The van der Waals surface area contributed by atoms with Gasteiger partial charge in [0.05, 0.1) is 6.04 Å². The molecule has 138 valence electrons. The number of amides is 1. The van der Waals surface area contributed by atoms with Crippen molar-refractivity contribution in [1.82, 2.24) is 10.2 Å². The van der Waals surface area contributed by atoms with Gasteiger partial charge in [0.1, 0.15) is 11.5 Å². The van der Waals surface area contributed by atoms with Crippen LogP contribution in [0.2, 0.25) is 0 Å². The minimum absolute atomic E-state index is 0.0349. The zero-order chi connectivity index (χ0) is 18.7. The van der Waals surface area contributed by atoms with E-state index >= 15 is 0 Å². The summed E-state index contributed by atoms with van der Waals surface area (Å²) in [5, 5.41) is 2.73. The van der Waals surface area contributed by atoms with Crippen LogP contribution in [0, 0.1) is 13.8 Å². The highest BCUT2D eigenvalue weighted by atomic mass is 16.5. The Balaban J connectivity index is 1.65. The third-order valence-electron chi connectivity index (χ3n) is 5.01. The van der Waals surface area contributed by atoms with Gasteiger partial charge in [0, 0.05) is 26.2 Å². The van der Waals surface area contributed by atoms with Gasteiger partial charge in [-0.25, -0.2) is 0 Å². The lowest BCUT2D eigenvalue weighted by Gasteiger charge is -2.23. The summed E-state index contributed by atoms with van der Waals surface area (Å²) >= 11 is 0. The minimum atomic E-state index is -0.151. The Labute approximate surface area is 155 Å². The van der Waals surface area contributed by atoms with E-state index in [0.29, 0.717) is 13.0 Å². The number of nitrogens with two attached hydrogens (primary N) is 1. The Hall–Kier alpha value is -2.37. The molecule has 2 aromatic carbocycles. The summed E-state index contributed by atoms with van der Waals surface area (Å²) in [6.45, 7) is 5.60. The van der Waals surface area contributed by atoms with Gasteiger partial charge in [0.2, 0.25) is 5.91 Å². The van der Waals surface area contributed by atoms with E-state index in [0.717, 1.165) is 23.6 Å². The molecule has 26 heavy (non-hydrogen) atoms. The van der Waals surface area contributed by atoms with Crippen LogP contribution in [0.4, 0.5) is 0 Å². The molecule has 1 fully saturated rings. The molecule has 0 bridgehead atoms. The van der Waals surface area contributed by atoms with Crippen LogP contribution >= 0.6 is 0 Å². The van der Waals surface area contributed by atoms with Gasteiger partial charge in [-0.15, -0.1) is 0 Å². The third kappa shape index (κ3) is 4.23. The molecule has 1 amide bonds. The Morgan fingerprint density at radius 3 is 2.50 bits per heavy atom. The molecule has 0 aromatic heterocycles. The Kier molecular flexibility index (Phi) is 5.59. The lowest BCUT2D eigenvalue weighted by atomic mass is 10.1. The quantitative estimate of drug-likeness (QED) is 0.867. The van der Waals surface area contributed by atoms with Crippen molar-refractivity contribution in [2.75, 3.05) is 13.6 Å². The van der Waals surface area contributed by atoms with Crippen LogP contribution in [-0.4, -0.2) is 36.5 Å². The fraction of sp³-hybridized carbons (Fsp3) is 0.381. The van der Waals surface area contributed by atoms with Crippen molar-refractivity contribution in [3.63, 3.8) is 0 Å². The molecule has 3 N–H and O–H groups in total. The molecule has 5 heteroatoms. The van der Waals surface area contributed by atoms with Crippen LogP contribution in [0.5, 0.6) is 11.5 Å². The number of hydrogen-bond donors (Lipinski definition) is 2. The predicted molar refractivity (Wildman–Crippen MR) is 103 cm³/mol. The van der Waals surface area contributed by atoms with Gasteiger partial charge in [-0.3, -0.25) is 9.69 Å². The topological polar surface area (TPSA) is 67.6 Å². The summed E-state index contributed by atoms with van der Waals surface area (Å²) in [6.07, 6.45) is 0.702. The highest BCUT2D eigenvalue weighted by Crippen LogP contribution is 2.25. The van der Waals surface area contributed by atoms with Crippen LogP contribution < -0.4 is 15.8 Å². The van der Waals surface area contributed by atoms with Gasteiger partial charge >= 0.3 is 0 Å². The number of likely N-dealkylation sites (tertiary alicyclic amines) is 1. The number of ether oxygens (including phenoxy) is 1. The van der Waals surface area contributed by atoms with Crippen molar-refractivity contribution in [3.8, 4) is 11.5 Å². The van der Waals surface area contributed by atoms with E-state index in [-0.39, 0.29) is 18.0 Å². The molecule has 0 aliphatic carbocycles. The third-order valence-corrected chi connectivity index (χ3v) is 5.01.